The molecule has 2 aromatic rings. The minimum absolute atomic E-state index is 0.0634. The largest absolute Gasteiger partial charge is 0.397 e. The molecule has 1 aliphatic heterocycles. The van der Waals surface area contributed by atoms with E-state index in [4.69, 9.17) is 4.74 Å². The third-order valence-electron chi connectivity index (χ3n) is 4.63. The first-order valence-corrected chi connectivity index (χ1v) is 8.34. The maximum atomic E-state index is 13.5. The van der Waals surface area contributed by atoms with Crippen molar-refractivity contribution in [2.45, 2.75) is 44.0 Å². The van der Waals surface area contributed by atoms with Crippen molar-refractivity contribution in [3.8, 4) is 6.07 Å². The van der Waals surface area contributed by atoms with E-state index in [1.807, 2.05) is 0 Å². The summed E-state index contributed by atoms with van der Waals surface area (Å²) in [5.41, 5.74) is -2.67. The van der Waals surface area contributed by atoms with Crippen LogP contribution in [0.15, 0.2) is 6.20 Å². The van der Waals surface area contributed by atoms with E-state index >= 15 is 0 Å². The summed E-state index contributed by atoms with van der Waals surface area (Å²) in [6.07, 6.45) is -7.51. The van der Waals surface area contributed by atoms with Gasteiger partial charge in [0.1, 0.15) is 6.07 Å². The first-order chi connectivity index (χ1) is 13.1. The molecule has 1 fully saturated rings. The topological polar surface area (TPSA) is 95.5 Å². The van der Waals surface area contributed by atoms with Gasteiger partial charge in [-0.15, -0.1) is 5.10 Å². The van der Waals surface area contributed by atoms with Gasteiger partial charge in [0.05, 0.1) is 53.2 Å². The van der Waals surface area contributed by atoms with Crippen LogP contribution in [-0.2, 0) is 4.74 Å². The second-order valence-corrected chi connectivity index (χ2v) is 6.41. The number of hydrogen-bond donors (Lipinski definition) is 2. The maximum Gasteiger partial charge on any atom is 0.397 e. The summed E-state index contributed by atoms with van der Waals surface area (Å²) in [4.78, 5) is 3.87. The summed E-state index contributed by atoms with van der Waals surface area (Å²) in [6, 6.07) is 0.932. The van der Waals surface area contributed by atoms with E-state index in [-0.39, 0.29) is 18.1 Å². The van der Waals surface area contributed by atoms with E-state index in [2.05, 4.69) is 15.4 Å². The number of hydrogen-bond acceptors (Lipinski definition) is 6. The van der Waals surface area contributed by atoms with Gasteiger partial charge in [-0.05, 0) is 13.3 Å². The van der Waals surface area contributed by atoms with Crippen LogP contribution in [-0.4, -0.2) is 51.2 Å². The fraction of sp³-hybridized carbons (Fsp3) is 0.562. The van der Waals surface area contributed by atoms with Crippen molar-refractivity contribution >= 4 is 11.5 Å². The molecule has 28 heavy (non-hydrogen) atoms. The molecule has 0 amide bonds. The number of aliphatic hydroxyl groups is 1. The van der Waals surface area contributed by atoms with Gasteiger partial charge in [-0.25, -0.2) is 18.3 Å². The molecule has 0 aliphatic carbocycles. The molecule has 7 nitrogen and oxygen atoms in total. The lowest BCUT2D eigenvalue weighted by molar-refractivity contribution is -0.147. The number of aliphatic hydroxyl groups excluding tert-OH is 1. The van der Waals surface area contributed by atoms with Gasteiger partial charge in [-0.1, -0.05) is 0 Å². The Morgan fingerprint density at radius 1 is 1.43 bits per heavy atom. The Bertz CT molecular complexity index is 907. The molecular formula is C16H16F5N5O2. The van der Waals surface area contributed by atoms with E-state index in [1.165, 1.54) is 6.07 Å². The fourth-order valence-corrected chi connectivity index (χ4v) is 3.11. The van der Waals surface area contributed by atoms with Gasteiger partial charge in [0, 0.05) is 6.61 Å². The molecule has 0 radical (unpaired) electrons. The van der Waals surface area contributed by atoms with Crippen molar-refractivity contribution in [1.29, 1.82) is 5.26 Å². The third kappa shape index (κ3) is 3.59. The van der Waals surface area contributed by atoms with Crippen molar-refractivity contribution < 1.29 is 31.8 Å². The molecule has 0 saturated carbocycles. The van der Waals surface area contributed by atoms with Crippen molar-refractivity contribution in [3.05, 3.63) is 23.0 Å². The van der Waals surface area contributed by atoms with E-state index in [0.717, 1.165) is 13.1 Å². The highest BCUT2D eigenvalue weighted by atomic mass is 19.4. The number of alkyl halides is 5. The quantitative estimate of drug-likeness (QED) is 0.760. The van der Waals surface area contributed by atoms with Crippen LogP contribution in [0.3, 0.4) is 0 Å². The van der Waals surface area contributed by atoms with Gasteiger partial charge in [0.2, 0.25) is 5.95 Å². The van der Waals surface area contributed by atoms with Crippen molar-refractivity contribution in [1.82, 2.24) is 14.6 Å². The highest BCUT2D eigenvalue weighted by Crippen LogP contribution is 2.41. The molecule has 2 N–H and O–H groups in total. The normalized spacial score (nSPS) is 21.7. The average molecular weight is 405 g/mol. The number of rotatable bonds is 4. The average Bonchev–Trinajstić information content (AvgIpc) is 2.95. The molecule has 1 saturated heterocycles. The van der Waals surface area contributed by atoms with E-state index in [1.54, 1.807) is 0 Å². The van der Waals surface area contributed by atoms with Gasteiger partial charge < -0.3 is 15.2 Å². The lowest BCUT2D eigenvalue weighted by Gasteiger charge is -2.28. The summed E-state index contributed by atoms with van der Waals surface area (Å²) in [7, 11) is 0. The Balaban J connectivity index is 2.14. The number of nitriles is 1. The summed E-state index contributed by atoms with van der Waals surface area (Å²) >= 11 is 0. The number of nitrogens with zero attached hydrogens (tertiary/aromatic N) is 4. The number of ether oxygens (including phenoxy) is 1. The second-order valence-electron chi connectivity index (χ2n) is 6.41. The number of halogens is 5. The first-order valence-electron chi connectivity index (χ1n) is 8.34. The summed E-state index contributed by atoms with van der Waals surface area (Å²) in [6.45, 7) is 1.19. The Morgan fingerprint density at radius 3 is 2.71 bits per heavy atom. The Hall–Kier alpha value is -2.52. The van der Waals surface area contributed by atoms with E-state index < -0.39 is 47.5 Å². The van der Waals surface area contributed by atoms with E-state index in [0.29, 0.717) is 17.5 Å². The molecule has 0 spiro atoms. The van der Waals surface area contributed by atoms with Crippen molar-refractivity contribution in [2.75, 3.05) is 18.5 Å². The van der Waals surface area contributed by atoms with Gasteiger partial charge in [0.15, 0.2) is 0 Å². The third-order valence-corrected chi connectivity index (χ3v) is 4.63. The van der Waals surface area contributed by atoms with Crippen LogP contribution in [0, 0.1) is 11.3 Å². The molecule has 12 heteroatoms. The molecule has 3 rings (SSSR count). The molecule has 0 bridgehead atoms. The standard InChI is InChI=1S/C16H16F5N5O2/c1-7(16(19,20)21)13-8(4-22)12(14(17)18)10-5-23-15(25-26(10)13)24-9-2-3-28-6-11(9)27/h5,7,9,11,14,27H,2-3,6H2,1H3,(H,24,25)/t7?,9-,11-/m1/s1. The van der Waals surface area contributed by atoms with Crippen LogP contribution in [0.1, 0.15) is 42.5 Å². The van der Waals surface area contributed by atoms with E-state index in [9.17, 15) is 32.3 Å². The molecule has 3 atom stereocenters. The van der Waals surface area contributed by atoms with Crippen LogP contribution < -0.4 is 5.32 Å². The van der Waals surface area contributed by atoms with Crippen LogP contribution in [0.2, 0.25) is 0 Å². The minimum Gasteiger partial charge on any atom is -0.389 e. The van der Waals surface area contributed by atoms with Crippen molar-refractivity contribution in [2.24, 2.45) is 0 Å². The van der Waals surface area contributed by atoms with Crippen molar-refractivity contribution in [3.63, 3.8) is 0 Å². The molecule has 2 aromatic heterocycles. The number of fused-ring (bicyclic) bond motifs is 1. The molecule has 3 heterocycles. The lowest BCUT2D eigenvalue weighted by Crippen LogP contribution is -2.42. The summed E-state index contributed by atoms with van der Waals surface area (Å²) in [5.74, 6) is -2.37. The highest BCUT2D eigenvalue weighted by Gasteiger charge is 2.42. The van der Waals surface area contributed by atoms with Gasteiger partial charge in [-0.2, -0.15) is 18.4 Å². The number of anilines is 1. The maximum absolute atomic E-state index is 13.5. The summed E-state index contributed by atoms with van der Waals surface area (Å²) < 4.78 is 72.6. The van der Waals surface area contributed by atoms with Crippen LogP contribution in [0.4, 0.5) is 27.9 Å². The smallest absolute Gasteiger partial charge is 0.389 e. The molecule has 1 aliphatic rings. The predicted molar refractivity (Wildman–Crippen MR) is 86.0 cm³/mol. The zero-order valence-electron chi connectivity index (χ0n) is 14.5. The zero-order valence-corrected chi connectivity index (χ0v) is 14.5. The zero-order chi connectivity index (χ0) is 20.6. The van der Waals surface area contributed by atoms with Crippen LogP contribution in [0.5, 0.6) is 0 Å². The lowest BCUT2D eigenvalue weighted by atomic mass is 10.0. The minimum atomic E-state index is -4.77. The Morgan fingerprint density at radius 2 is 2.14 bits per heavy atom. The SMILES string of the molecule is CC(c1c(C#N)c(C(F)F)c2cnc(N[C@@H]3CCOC[C@H]3O)nn12)C(F)(F)F. The second kappa shape index (κ2) is 7.48. The Labute approximate surface area is 155 Å². The molecule has 152 valence electrons. The van der Waals surface area contributed by atoms with Gasteiger partial charge in [-0.3, -0.25) is 0 Å². The highest BCUT2D eigenvalue weighted by molar-refractivity contribution is 5.65. The van der Waals surface area contributed by atoms with Gasteiger partial charge in [0.25, 0.3) is 6.43 Å². The molecular weight excluding hydrogens is 389 g/mol. The van der Waals surface area contributed by atoms with Crippen LogP contribution >= 0.6 is 0 Å². The first kappa shape index (κ1) is 20.2. The van der Waals surface area contributed by atoms with Gasteiger partial charge >= 0.3 is 6.18 Å². The summed E-state index contributed by atoms with van der Waals surface area (Å²) in [5, 5.41) is 25.9. The molecule has 0 aromatic carbocycles. The molecule has 1 unspecified atom stereocenters. The number of nitrogens with one attached hydrogen (secondary N) is 1. The predicted octanol–water partition coefficient (Wildman–Crippen LogP) is 2.77. The Kier molecular flexibility index (Phi) is 5.40. The fourth-order valence-electron chi connectivity index (χ4n) is 3.11. The number of aromatic nitrogens is 3. The van der Waals surface area contributed by atoms with Crippen LogP contribution in [0.25, 0.3) is 5.52 Å². The monoisotopic (exact) mass is 405 g/mol.